The quantitative estimate of drug-likeness (QED) is 0.733. The smallest absolute Gasteiger partial charge is 0.407 e. The summed E-state index contributed by atoms with van der Waals surface area (Å²) in [5, 5.41) is 5.63. The lowest BCUT2D eigenvalue weighted by Gasteiger charge is -2.25. The lowest BCUT2D eigenvalue weighted by Crippen LogP contribution is -2.46. The maximum atomic E-state index is 12.7. The van der Waals surface area contributed by atoms with E-state index in [4.69, 9.17) is 4.74 Å². The van der Waals surface area contributed by atoms with Gasteiger partial charge in [0.25, 0.3) is 0 Å². The molecular weight excluding hydrogens is 370 g/mol. The van der Waals surface area contributed by atoms with Gasteiger partial charge in [0.15, 0.2) is 0 Å². The molecule has 0 spiro atoms. The van der Waals surface area contributed by atoms with Crippen LogP contribution >= 0.6 is 0 Å². The number of carbonyl (C=O) groups excluding carboxylic acids is 3. The molecule has 29 heavy (non-hydrogen) atoms. The number of nitrogens with one attached hydrogen (secondary N) is 2. The molecule has 0 saturated carbocycles. The van der Waals surface area contributed by atoms with Crippen molar-refractivity contribution in [3.8, 4) is 0 Å². The topological polar surface area (TPSA) is 87.7 Å². The highest BCUT2D eigenvalue weighted by atomic mass is 16.6. The van der Waals surface area contributed by atoms with Crippen LogP contribution < -0.4 is 10.6 Å². The van der Waals surface area contributed by atoms with E-state index in [0.717, 1.165) is 11.1 Å². The van der Waals surface area contributed by atoms with Crippen LogP contribution in [-0.4, -0.2) is 47.5 Å². The second kappa shape index (κ2) is 9.76. The van der Waals surface area contributed by atoms with Gasteiger partial charge in [-0.3, -0.25) is 9.59 Å². The molecule has 1 aliphatic heterocycles. The highest BCUT2D eigenvalue weighted by Crippen LogP contribution is 2.22. The van der Waals surface area contributed by atoms with Gasteiger partial charge in [-0.25, -0.2) is 4.79 Å². The van der Waals surface area contributed by atoms with Crippen molar-refractivity contribution >= 4 is 17.9 Å². The van der Waals surface area contributed by atoms with Crippen molar-refractivity contribution in [1.29, 1.82) is 0 Å². The molecule has 1 aromatic rings. The SMILES string of the molecule is Cc1ccc(CN2C(=O)CC[C@@H]2C(=O)NC[C@H](C)CNC(=O)OC(C)(C)C)cc1. The Bertz CT molecular complexity index is 725. The maximum Gasteiger partial charge on any atom is 0.407 e. The van der Waals surface area contributed by atoms with Crippen LogP contribution in [0.25, 0.3) is 0 Å². The Kier molecular flexibility index (Phi) is 7.65. The van der Waals surface area contributed by atoms with E-state index in [2.05, 4.69) is 10.6 Å². The summed E-state index contributed by atoms with van der Waals surface area (Å²) in [4.78, 5) is 38.3. The minimum absolute atomic E-state index is 0.00497. The lowest BCUT2D eigenvalue weighted by molar-refractivity contribution is -0.135. The molecule has 0 aliphatic carbocycles. The average molecular weight is 404 g/mol. The summed E-state index contributed by atoms with van der Waals surface area (Å²) >= 11 is 0. The van der Waals surface area contributed by atoms with Crippen LogP contribution in [0.2, 0.25) is 0 Å². The van der Waals surface area contributed by atoms with E-state index in [0.29, 0.717) is 32.5 Å². The fraction of sp³-hybridized carbons (Fsp3) is 0.591. The van der Waals surface area contributed by atoms with E-state index >= 15 is 0 Å². The standard InChI is InChI=1S/C22H33N3O4/c1-15-6-8-17(9-7-15)14-25-18(10-11-19(25)26)20(27)23-12-16(2)13-24-21(28)29-22(3,4)5/h6-9,16,18H,10-14H2,1-5H3,(H,23,27)(H,24,28)/t16-,18+/m0/s1. The van der Waals surface area contributed by atoms with Gasteiger partial charge >= 0.3 is 6.09 Å². The molecule has 1 saturated heterocycles. The average Bonchev–Trinajstić information content (AvgIpc) is 2.99. The number of nitrogens with zero attached hydrogens (tertiary/aromatic N) is 1. The number of likely N-dealkylation sites (tertiary alicyclic amines) is 1. The first kappa shape index (κ1) is 22.7. The Balaban J connectivity index is 1.81. The zero-order valence-electron chi connectivity index (χ0n) is 18.1. The predicted octanol–water partition coefficient (Wildman–Crippen LogP) is 2.76. The zero-order chi connectivity index (χ0) is 21.6. The molecule has 2 rings (SSSR count). The summed E-state index contributed by atoms with van der Waals surface area (Å²) in [6.45, 7) is 10.6. The molecule has 0 radical (unpaired) electrons. The summed E-state index contributed by atoms with van der Waals surface area (Å²) in [6.07, 6.45) is 0.446. The molecule has 0 aromatic heterocycles. The lowest BCUT2D eigenvalue weighted by atomic mass is 10.1. The molecule has 1 fully saturated rings. The van der Waals surface area contributed by atoms with Gasteiger partial charge in [0.2, 0.25) is 11.8 Å². The van der Waals surface area contributed by atoms with Gasteiger partial charge in [0.05, 0.1) is 0 Å². The molecule has 7 heteroatoms. The molecule has 1 heterocycles. The van der Waals surface area contributed by atoms with Gasteiger partial charge in [-0.05, 0) is 45.6 Å². The molecular formula is C22H33N3O4. The molecule has 7 nitrogen and oxygen atoms in total. The van der Waals surface area contributed by atoms with Gasteiger partial charge in [0, 0.05) is 26.1 Å². The number of carbonyl (C=O) groups is 3. The van der Waals surface area contributed by atoms with Crippen LogP contribution in [0.15, 0.2) is 24.3 Å². The number of ether oxygens (including phenoxy) is 1. The van der Waals surface area contributed by atoms with Crippen molar-refractivity contribution in [2.45, 2.75) is 65.6 Å². The van der Waals surface area contributed by atoms with Gasteiger partial charge in [-0.2, -0.15) is 0 Å². The van der Waals surface area contributed by atoms with E-state index in [1.54, 1.807) is 4.90 Å². The molecule has 1 aromatic carbocycles. The first-order valence-corrected chi connectivity index (χ1v) is 10.1. The number of aryl methyl sites for hydroxylation is 1. The Morgan fingerprint density at radius 2 is 1.79 bits per heavy atom. The van der Waals surface area contributed by atoms with Crippen LogP contribution in [0.1, 0.15) is 51.7 Å². The van der Waals surface area contributed by atoms with Crippen molar-refractivity contribution in [3.63, 3.8) is 0 Å². The summed E-state index contributed by atoms with van der Waals surface area (Å²) in [6, 6.07) is 7.53. The fourth-order valence-corrected chi connectivity index (χ4v) is 3.13. The van der Waals surface area contributed by atoms with E-state index in [1.807, 2.05) is 58.9 Å². The van der Waals surface area contributed by atoms with Crippen molar-refractivity contribution in [1.82, 2.24) is 15.5 Å². The fourth-order valence-electron chi connectivity index (χ4n) is 3.13. The third-order valence-electron chi connectivity index (χ3n) is 4.72. The van der Waals surface area contributed by atoms with Crippen molar-refractivity contribution in [3.05, 3.63) is 35.4 Å². The van der Waals surface area contributed by atoms with Crippen molar-refractivity contribution < 1.29 is 19.1 Å². The zero-order valence-corrected chi connectivity index (χ0v) is 18.1. The van der Waals surface area contributed by atoms with Gasteiger partial charge < -0.3 is 20.3 Å². The Labute approximate surface area is 173 Å². The monoisotopic (exact) mass is 403 g/mol. The number of rotatable bonds is 7. The molecule has 160 valence electrons. The molecule has 3 amide bonds. The Morgan fingerprint density at radius 1 is 1.17 bits per heavy atom. The number of alkyl carbamates (subject to hydrolysis) is 1. The number of benzene rings is 1. The first-order valence-electron chi connectivity index (χ1n) is 10.1. The number of amides is 3. The van der Waals surface area contributed by atoms with Crippen LogP contribution in [-0.2, 0) is 20.9 Å². The van der Waals surface area contributed by atoms with Crippen molar-refractivity contribution in [2.75, 3.05) is 13.1 Å². The summed E-state index contributed by atoms with van der Waals surface area (Å²) in [7, 11) is 0. The summed E-state index contributed by atoms with van der Waals surface area (Å²) < 4.78 is 5.20. The third-order valence-corrected chi connectivity index (χ3v) is 4.72. The highest BCUT2D eigenvalue weighted by Gasteiger charge is 2.35. The van der Waals surface area contributed by atoms with Crippen molar-refractivity contribution in [2.24, 2.45) is 5.92 Å². The van der Waals surface area contributed by atoms with Crippen LogP contribution in [0.4, 0.5) is 4.79 Å². The molecule has 1 aliphatic rings. The number of hydrogen-bond acceptors (Lipinski definition) is 4. The van der Waals surface area contributed by atoms with Gasteiger partial charge in [-0.1, -0.05) is 36.8 Å². The van der Waals surface area contributed by atoms with Crippen LogP contribution in [0.3, 0.4) is 0 Å². The minimum Gasteiger partial charge on any atom is -0.444 e. The van der Waals surface area contributed by atoms with E-state index in [9.17, 15) is 14.4 Å². The van der Waals surface area contributed by atoms with Gasteiger partial charge in [-0.15, -0.1) is 0 Å². The van der Waals surface area contributed by atoms with E-state index < -0.39 is 17.7 Å². The highest BCUT2D eigenvalue weighted by molar-refractivity contribution is 5.90. The molecule has 2 N–H and O–H groups in total. The van der Waals surface area contributed by atoms with Gasteiger partial charge in [0.1, 0.15) is 11.6 Å². The normalized spacial score (nSPS) is 17.8. The largest absolute Gasteiger partial charge is 0.444 e. The molecule has 0 unspecified atom stereocenters. The Hall–Kier alpha value is -2.57. The molecule has 2 atom stereocenters. The maximum absolute atomic E-state index is 12.7. The molecule has 0 bridgehead atoms. The van der Waals surface area contributed by atoms with Crippen LogP contribution in [0.5, 0.6) is 0 Å². The van der Waals surface area contributed by atoms with E-state index in [-0.39, 0.29) is 17.7 Å². The second-order valence-corrected chi connectivity index (χ2v) is 8.79. The first-order chi connectivity index (χ1) is 13.5. The minimum atomic E-state index is -0.544. The summed E-state index contributed by atoms with van der Waals surface area (Å²) in [5.74, 6) is -0.105. The van der Waals surface area contributed by atoms with E-state index in [1.165, 1.54) is 0 Å². The number of hydrogen-bond donors (Lipinski definition) is 2. The second-order valence-electron chi connectivity index (χ2n) is 8.79. The third kappa shape index (κ3) is 7.40. The van der Waals surface area contributed by atoms with Crippen LogP contribution in [0, 0.1) is 12.8 Å². The summed E-state index contributed by atoms with van der Waals surface area (Å²) in [5.41, 5.74) is 1.63. The Morgan fingerprint density at radius 3 is 2.41 bits per heavy atom. The predicted molar refractivity (Wildman–Crippen MR) is 111 cm³/mol.